The van der Waals surface area contributed by atoms with E-state index in [9.17, 15) is 4.79 Å². The first-order valence-corrected chi connectivity index (χ1v) is 7.80. The Balaban J connectivity index is 1.79. The summed E-state index contributed by atoms with van der Waals surface area (Å²) in [5.41, 5.74) is 2.70. The van der Waals surface area contributed by atoms with Gasteiger partial charge < -0.3 is 10.2 Å². The van der Waals surface area contributed by atoms with Crippen LogP contribution in [0.2, 0.25) is 0 Å². The SMILES string of the molecule is CC(C)Nc1ncnc2c1CCN(C(=O)c1ccnnc1)CC2. The molecule has 120 valence electrons. The molecule has 3 heterocycles. The summed E-state index contributed by atoms with van der Waals surface area (Å²) in [6.07, 6.45) is 6.11. The summed E-state index contributed by atoms with van der Waals surface area (Å²) in [7, 11) is 0. The fourth-order valence-electron chi connectivity index (χ4n) is 2.73. The number of hydrogen-bond acceptors (Lipinski definition) is 6. The number of hydrogen-bond donors (Lipinski definition) is 1. The fourth-order valence-corrected chi connectivity index (χ4v) is 2.73. The second-order valence-corrected chi connectivity index (χ2v) is 5.87. The molecule has 0 aromatic carbocycles. The molecule has 7 nitrogen and oxygen atoms in total. The number of carbonyl (C=O) groups is 1. The van der Waals surface area contributed by atoms with Crippen LogP contribution in [0.3, 0.4) is 0 Å². The number of nitrogens with one attached hydrogen (secondary N) is 1. The van der Waals surface area contributed by atoms with Crippen molar-refractivity contribution in [3.05, 3.63) is 41.6 Å². The van der Waals surface area contributed by atoms with E-state index in [-0.39, 0.29) is 5.91 Å². The first-order chi connectivity index (χ1) is 11.1. The monoisotopic (exact) mass is 312 g/mol. The van der Waals surface area contributed by atoms with E-state index in [1.807, 2.05) is 4.90 Å². The Labute approximate surface area is 135 Å². The van der Waals surface area contributed by atoms with Gasteiger partial charge in [-0.25, -0.2) is 9.97 Å². The van der Waals surface area contributed by atoms with E-state index >= 15 is 0 Å². The minimum Gasteiger partial charge on any atom is -0.368 e. The number of anilines is 1. The molecule has 0 saturated heterocycles. The number of aromatic nitrogens is 4. The molecular weight excluding hydrogens is 292 g/mol. The van der Waals surface area contributed by atoms with Gasteiger partial charge in [0.1, 0.15) is 12.1 Å². The maximum atomic E-state index is 12.6. The van der Waals surface area contributed by atoms with Crippen LogP contribution in [-0.2, 0) is 12.8 Å². The van der Waals surface area contributed by atoms with E-state index < -0.39 is 0 Å². The number of rotatable bonds is 3. The molecule has 0 spiro atoms. The van der Waals surface area contributed by atoms with Gasteiger partial charge >= 0.3 is 0 Å². The molecule has 0 unspecified atom stereocenters. The smallest absolute Gasteiger partial charge is 0.255 e. The zero-order valence-corrected chi connectivity index (χ0v) is 13.4. The molecular formula is C16H20N6O. The van der Waals surface area contributed by atoms with Gasteiger partial charge in [-0.05, 0) is 26.3 Å². The van der Waals surface area contributed by atoms with Crippen molar-refractivity contribution in [3.8, 4) is 0 Å². The Kier molecular flexibility index (Phi) is 4.45. The van der Waals surface area contributed by atoms with Gasteiger partial charge in [-0.3, -0.25) is 4.79 Å². The van der Waals surface area contributed by atoms with Gasteiger partial charge in [0.2, 0.25) is 0 Å². The molecule has 7 heteroatoms. The van der Waals surface area contributed by atoms with Crippen LogP contribution in [0, 0.1) is 0 Å². The van der Waals surface area contributed by atoms with Crippen LogP contribution in [0.4, 0.5) is 5.82 Å². The maximum Gasteiger partial charge on any atom is 0.255 e. The van der Waals surface area contributed by atoms with Crippen molar-refractivity contribution in [2.24, 2.45) is 0 Å². The van der Waals surface area contributed by atoms with Crippen molar-refractivity contribution in [2.75, 3.05) is 18.4 Å². The Hall–Kier alpha value is -2.57. The van der Waals surface area contributed by atoms with E-state index in [0.29, 0.717) is 24.7 Å². The van der Waals surface area contributed by atoms with E-state index in [4.69, 9.17) is 0 Å². The van der Waals surface area contributed by atoms with Crippen LogP contribution in [0.5, 0.6) is 0 Å². The zero-order chi connectivity index (χ0) is 16.2. The van der Waals surface area contributed by atoms with E-state index in [0.717, 1.165) is 29.9 Å². The molecule has 3 rings (SSSR count). The number of fused-ring (bicyclic) bond motifs is 1. The largest absolute Gasteiger partial charge is 0.368 e. The Morgan fingerprint density at radius 3 is 2.78 bits per heavy atom. The highest BCUT2D eigenvalue weighted by Crippen LogP contribution is 2.21. The quantitative estimate of drug-likeness (QED) is 0.920. The average Bonchev–Trinajstić information content (AvgIpc) is 2.78. The first kappa shape index (κ1) is 15.3. The molecule has 2 aromatic heterocycles. The van der Waals surface area contributed by atoms with Gasteiger partial charge in [-0.15, -0.1) is 0 Å². The average molecular weight is 312 g/mol. The number of carbonyl (C=O) groups excluding carboxylic acids is 1. The summed E-state index contributed by atoms with van der Waals surface area (Å²) in [4.78, 5) is 23.2. The predicted octanol–water partition coefficient (Wildman–Crippen LogP) is 1.33. The maximum absolute atomic E-state index is 12.6. The third-order valence-electron chi connectivity index (χ3n) is 3.83. The Morgan fingerprint density at radius 1 is 1.22 bits per heavy atom. The van der Waals surface area contributed by atoms with Crippen molar-refractivity contribution < 1.29 is 4.79 Å². The van der Waals surface area contributed by atoms with Crippen LogP contribution < -0.4 is 5.32 Å². The molecule has 0 radical (unpaired) electrons. The van der Waals surface area contributed by atoms with Gasteiger partial charge in [0, 0.05) is 31.1 Å². The third kappa shape index (κ3) is 3.44. The molecule has 0 fully saturated rings. The lowest BCUT2D eigenvalue weighted by Crippen LogP contribution is -2.33. The lowest BCUT2D eigenvalue weighted by molar-refractivity contribution is 0.0762. The van der Waals surface area contributed by atoms with E-state index in [2.05, 4.69) is 39.3 Å². The van der Waals surface area contributed by atoms with Crippen LogP contribution in [0.1, 0.15) is 35.5 Å². The van der Waals surface area contributed by atoms with Gasteiger partial charge in [0.05, 0.1) is 23.7 Å². The molecule has 0 bridgehead atoms. The third-order valence-corrected chi connectivity index (χ3v) is 3.83. The summed E-state index contributed by atoms with van der Waals surface area (Å²) in [6.45, 7) is 5.45. The van der Waals surface area contributed by atoms with Gasteiger partial charge in [-0.2, -0.15) is 10.2 Å². The predicted molar refractivity (Wildman–Crippen MR) is 86.1 cm³/mol. The molecule has 2 aromatic rings. The standard InChI is InChI=1S/C16H20N6O/c1-11(2)21-15-13-4-7-22(8-5-14(13)17-10-18-15)16(23)12-3-6-19-20-9-12/h3,6,9-11H,4-5,7-8H2,1-2H3,(H,17,18,21). The Bertz CT molecular complexity index is 688. The molecule has 1 amide bonds. The lowest BCUT2D eigenvalue weighted by Gasteiger charge is -2.19. The van der Waals surface area contributed by atoms with E-state index in [1.54, 1.807) is 12.4 Å². The molecule has 23 heavy (non-hydrogen) atoms. The van der Waals surface area contributed by atoms with Crippen molar-refractivity contribution >= 4 is 11.7 Å². The highest BCUT2D eigenvalue weighted by molar-refractivity contribution is 5.93. The molecule has 0 aliphatic carbocycles. The molecule has 1 N–H and O–H groups in total. The van der Waals surface area contributed by atoms with E-state index in [1.165, 1.54) is 12.4 Å². The summed E-state index contributed by atoms with van der Waals surface area (Å²) >= 11 is 0. The molecule has 0 saturated carbocycles. The van der Waals surface area contributed by atoms with Crippen molar-refractivity contribution in [3.63, 3.8) is 0 Å². The molecule has 1 aliphatic heterocycles. The molecule has 0 atom stereocenters. The molecule has 1 aliphatic rings. The van der Waals surface area contributed by atoms with Crippen molar-refractivity contribution in [1.82, 2.24) is 25.1 Å². The zero-order valence-electron chi connectivity index (χ0n) is 13.4. The van der Waals surface area contributed by atoms with Gasteiger partial charge in [0.25, 0.3) is 5.91 Å². The van der Waals surface area contributed by atoms with Crippen LogP contribution in [0.25, 0.3) is 0 Å². The van der Waals surface area contributed by atoms with Gasteiger partial charge in [0.15, 0.2) is 0 Å². The van der Waals surface area contributed by atoms with Crippen LogP contribution in [-0.4, -0.2) is 50.1 Å². The summed E-state index contributed by atoms with van der Waals surface area (Å²) < 4.78 is 0. The first-order valence-electron chi connectivity index (χ1n) is 7.80. The highest BCUT2D eigenvalue weighted by atomic mass is 16.2. The van der Waals surface area contributed by atoms with Crippen LogP contribution in [0.15, 0.2) is 24.8 Å². The minimum absolute atomic E-state index is 0.0148. The minimum atomic E-state index is -0.0148. The normalized spacial score (nSPS) is 14.3. The Morgan fingerprint density at radius 2 is 2.04 bits per heavy atom. The topological polar surface area (TPSA) is 83.9 Å². The highest BCUT2D eigenvalue weighted by Gasteiger charge is 2.22. The summed E-state index contributed by atoms with van der Waals surface area (Å²) in [5.74, 6) is 0.865. The van der Waals surface area contributed by atoms with Crippen molar-refractivity contribution in [1.29, 1.82) is 0 Å². The second kappa shape index (κ2) is 6.68. The fraction of sp³-hybridized carbons (Fsp3) is 0.438. The van der Waals surface area contributed by atoms with Crippen molar-refractivity contribution in [2.45, 2.75) is 32.7 Å². The summed E-state index contributed by atoms with van der Waals surface area (Å²) in [5, 5.41) is 10.9. The lowest BCUT2D eigenvalue weighted by atomic mass is 10.1. The number of nitrogens with zero attached hydrogens (tertiary/aromatic N) is 5. The van der Waals surface area contributed by atoms with Gasteiger partial charge in [-0.1, -0.05) is 0 Å². The second-order valence-electron chi connectivity index (χ2n) is 5.87. The number of amides is 1. The van der Waals surface area contributed by atoms with Crippen LogP contribution >= 0.6 is 0 Å². The summed E-state index contributed by atoms with van der Waals surface area (Å²) in [6, 6.07) is 2.00.